The zero-order valence-electron chi connectivity index (χ0n) is 18.0. The smallest absolute Gasteiger partial charge is 0.230 e. The van der Waals surface area contributed by atoms with E-state index in [4.69, 9.17) is 21.1 Å². The average molecular weight is 473 g/mol. The Kier molecular flexibility index (Phi) is 7.22. The Morgan fingerprint density at radius 3 is 2.78 bits per heavy atom. The minimum Gasteiger partial charge on any atom is -0.490 e. The number of thioether (sulfide) groups is 1. The van der Waals surface area contributed by atoms with Crippen molar-refractivity contribution in [3.05, 3.63) is 59.4 Å². The highest BCUT2D eigenvalue weighted by atomic mass is 35.5. The Bertz CT molecular complexity index is 1090. The molecule has 2 aromatic carbocycles. The Morgan fingerprint density at radius 2 is 2.00 bits per heavy atom. The van der Waals surface area contributed by atoms with Gasteiger partial charge >= 0.3 is 0 Å². The fraction of sp³-hybridized carbons (Fsp3) is 0.348. The summed E-state index contributed by atoms with van der Waals surface area (Å²) in [5.41, 5.74) is 1.84. The van der Waals surface area contributed by atoms with Crippen molar-refractivity contribution in [3.63, 3.8) is 0 Å². The minimum atomic E-state index is -0.147. The second-order valence-electron chi connectivity index (χ2n) is 7.80. The van der Waals surface area contributed by atoms with Crippen molar-refractivity contribution in [2.75, 3.05) is 19.0 Å². The standard InChI is InChI=1S/C23H25ClN4O3S/c1-15(2)22(16-7-8-19-20(11-16)31-10-4-9-30-19)26-21(29)13-32-23-27-25-14-28(23)18-6-3-5-17(24)12-18/h3,5-8,11-12,14-15,22H,4,9-10,13H2,1-2H3,(H,26,29)/t22-/m1/s1. The van der Waals surface area contributed by atoms with Crippen LogP contribution in [0.15, 0.2) is 53.9 Å². The van der Waals surface area contributed by atoms with Gasteiger partial charge < -0.3 is 14.8 Å². The molecule has 1 atom stereocenters. The number of rotatable bonds is 7. The van der Waals surface area contributed by atoms with Crippen molar-refractivity contribution in [3.8, 4) is 17.2 Å². The van der Waals surface area contributed by atoms with E-state index >= 15 is 0 Å². The molecule has 1 aliphatic heterocycles. The third kappa shape index (κ3) is 5.37. The number of fused-ring (bicyclic) bond motifs is 1. The van der Waals surface area contributed by atoms with E-state index in [1.54, 1.807) is 12.4 Å². The first-order valence-electron chi connectivity index (χ1n) is 10.5. The summed E-state index contributed by atoms with van der Waals surface area (Å²) in [5, 5.41) is 12.5. The maximum absolute atomic E-state index is 12.8. The van der Waals surface area contributed by atoms with Crippen molar-refractivity contribution in [2.45, 2.75) is 31.5 Å². The second kappa shape index (κ2) is 10.3. The van der Waals surface area contributed by atoms with E-state index < -0.39 is 0 Å². The molecule has 2 heterocycles. The molecule has 1 aromatic heterocycles. The number of carbonyl (C=O) groups is 1. The molecule has 1 N–H and O–H groups in total. The van der Waals surface area contributed by atoms with Crippen LogP contribution in [0.5, 0.6) is 11.5 Å². The molecule has 0 unspecified atom stereocenters. The Balaban J connectivity index is 1.43. The molecule has 7 nitrogen and oxygen atoms in total. The van der Waals surface area contributed by atoms with E-state index in [0.717, 1.165) is 29.2 Å². The third-order valence-electron chi connectivity index (χ3n) is 5.05. The Labute approximate surface area is 196 Å². The van der Waals surface area contributed by atoms with E-state index in [1.807, 2.05) is 41.0 Å². The first-order valence-corrected chi connectivity index (χ1v) is 11.9. The van der Waals surface area contributed by atoms with Crippen LogP contribution >= 0.6 is 23.4 Å². The van der Waals surface area contributed by atoms with Gasteiger partial charge in [-0.3, -0.25) is 9.36 Å². The van der Waals surface area contributed by atoms with Gasteiger partial charge in [-0.25, -0.2) is 0 Å². The third-order valence-corrected chi connectivity index (χ3v) is 6.23. The minimum absolute atomic E-state index is 0.0820. The highest BCUT2D eigenvalue weighted by Gasteiger charge is 2.21. The van der Waals surface area contributed by atoms with Gasteiger partial charge in [-0.05, 0) is 41.8 Å². The van der Waals surface area contributed by atoms with Crippen LogP contribution in [0, 0.1) is 5.92 Å². The molecule has 4 rings (SSSR count). The van der Waals surface area contributed by atoms with Crippen molar-refractivity contribution in [1.82, 2.24) is 20.1 Å². The molecule has 1 aliphatic rings. The van der Waals surface area contributed by atoms with Crippen LogP contribution in [0.4, 0.5) is 0 Å². The van der Waals surface area contributed by atoms with Gasteiger partial charge in [0.05, 0.1) is 30.7 Å². The van der Waals surface area contributed by atoms with Gasteiger partial charge in [-0.1, -0.05) is 49.3 Å². The molecule has 0 aliphatic carbocycles. The maximum atomic E-state index is 12.8. The van der Waals surface area contributed by atoms with E-state index in [9.17, 15) is 4.79 Å². The molecule has 168 valence electrons. The molecular formula is C23H25ClN4O3S. The number of benzene rings is 2. The lowest BCUT2D eigenvalue weighted by Gasteiger charge is -2.24. The van der Waals surface area contributed by atoms with Gasteiger partial charge in [0, 0.05) is 11.4 Å². The van der Waals surface area contributed by atoms with Gasteiger partial charge in [0.1, 0.15) is 6.33 Å². The van der Waals surface area contributed by atoms with Crippen molar-refractivity contribution < 1.29 is 14.3 Å². The van der Waals surface area contributed by atoms with E-state index in [2.05, 4.69) is 29.4 Å². The first kappa shape index (κ1) is 22.5. The van der Waals surface area contributed by atoms with Crippen LogP contribution in [0.3, 0.4) is 0 Å². The highest BCUT2D eigenvalue weighted by molar-refractivity contribution is 7.99. The molecule has 0 saturated carbocycles. The largest absolute Gasteiger partial charge is 0.490 e. The number of hydrogen-bond acceptors (Lipinski definition) is 6. The second-order valence-corrected chi connectivity index (χ2v) is 9.18. The molecule has 0 bridgehead atoms. The summed E-state index contributed by atoms with van der Waals surface area (Å²) in [6.07, 6.45) is 2.46. The monoisotopic (exact) mass is 472 g/mol. The van der Waals surface area contributed by atoms with Crippen LogP contribution in [0.1, 0.15) is 31.9 Å². The van der Waals surface area contributed by atoms with Crippen molar-refractivity contribution in [1.29, 1.82) is 0 Å². The van der Waals surface area contributed by atoms with Crippen molar-refractivity contribution >= 4 is 29.3 Å². The molecule has 0 spiro atoms. The fourth-order valence-electron chi connectivity index (χ4n) is 3.48. The van der Waals surface area contributed by atoms with Crippen LogP contribution in [0.2, 0.25) is 5.02 Å². The summed E-state index contributed by atoms with van der Waals surface area (Å²) in [6, 6.07) is 13.1. The normalized spacial score (nSPS) is 14.1. The molecule has 32 heavy (non-hydrogen) atoms. The number of halogens is 1. The van der Waals surface area contributed by atoms with Crippen LogP contribution < -0.4 is 14.8 Å². The number of hydrogen-bond donors (Lipinski definition) is 1. The van der Waals surface area contributed by atoms with Crippen molar-refractivity contribution in [2.24, 2.45) is 5.92 Å². The SMILES string of the molecule is CC(C)[C@@H](NC(=O)CSc1nncn1-c1cccc(Cl)c1)c1ccc2c(c1)OCCCO2. The fourth-order valence-corrected chi connectivity index (χ4v) is 4.40. The zero-order chi connectivity index (χ0) is 22.5. The Hall–Kier alpha value is -2.71. The highest BCUT2D eigenvalue weighted by Crippen LogP contribution is 2.34. The number of carbonyl (C=O) groups excluding carboxylic acids is 1. The summed E-state index contributed by atoms with van der Waals surface area (Å²) >= 11 is 7.42. The summed E-state index contributed by atoms with van der Waals surface area (Å²) in [7, 11) is 0. The number of amides is 1. The number of aromatic nitrogens is 3. The lowest BCUT2D eigenvalue weighted by molar-refractivity contribution is -0.119. The molecule has 0 fully saturated rings. The number of ether oxygens (including phenoxy) is 2. The molecule has 3 aromatic rings. The van der Waals surface area contributed by atoms with Gasteiger partial charge in [-0.15, -0.1) is 10.2 Å². The first-order chi connectivity index (χ1) is 15.5. The lowest BCUT2D eigenvalue weighted by Crippen LogP contribution is -2.33. The van der Waals surface area contributed by atoms with E-state index in [0.29, 0.717) is 23.4 Å². The van der Waals surface area contributed by atoms with Crippen LogP contribution in [-0.4, -0.2) is 39.6 Å². The molecule has 0 saturated heterocycles. The predicted molar refractivity (Wildman–Crippen MR) is 125 cm³/mol. The number of nitrogens with one attached hydrogen (secondary N) is 1. The summed E-state index contributed by atoms with van der Waals surface area (Å²) < 4.78 is 13.3. The van der Waals surface area contributed by atoms with Gasteiger partial charge in [0.25, 0.3) is 0 Å². The summed E-state index contributed by atoms with van der Waals surface area (Å²) in [5.74, 6) is 1.80. The molecule has 1 amide bonds. The van der Waals surface area contributed by atoms with E-state index in [-0.39, 0.29) is 23.6 Å². The maximum Gasteiger partial charge on any atom is 0.230 e. The lowest BCUT2D eigenvalue weighted by atomic mass is 9.95. The Morgan fingerprint density at radius 1 is 1.19 bits per heavy atom. The average Bonchev–Trinajstić information content (AvgIpc) is 3.12. The topological polar surface area (TPSA) is 78.3 Å². The van der Waals surface area contributed by atoms with Crippen LogP contribution in [-0.2, 0) is 4.79 Å². The number of nitrogens with zero attached hydrogens (tertiary/aromatic N) is 3. The zero-order valence-corrected chi connectivity index (χ0v) is 19.5. The quantitative estimate of drug-likeness (QED) is 0.503. The summed E-state index contributed by atoms with van der Waals surface area (Å²) in [6.45, 7) is 5.43. The predicted octanol–water partition coefficient (Wildman–Crippen LogP) is 4.69. The molecule has 0 radical (unpaired) electrons. The molecule has 9 heteroatoms. The van der Waals surface area contributed by atoms with Gasteiger partial charge in [0.2, 0.25) is 5.91 Å². The van der Waals surface area contributed by atoms with Gasteiger partial charge in [-0.2, -0.15) is 0 Å². The summed E-state index contributed by atoms with van der Waals surface area (Å²) in [4.78, 5) is 12.8. The van der Waals surface area contributed by atoms with Gasteiger partial charge in [0.15, 0.2) is 16.7 Å². The van der Waals surface area contributed by atoms with Crippen LogP contribution in [0.25, 0.3) is 5.69 Å². The van der Waals surface area contributed by atoms with E-state index in [1.165, 1.54) is 11.8 Å². The molecular weight excluding hydrogens is 448 g/mol.